The molecule has 0 saturated carbocycles. The third kappa shape index (κ3) is 6.13. The van der Waals surface area contributed by atoms with E-state index in [0.717, 1.165) is 11.3 Å². The Morgan fingerprint density at radius 2 is 1.93 bits per heavy atom. The molecular weight excluding hydrogens is 378 g/mol. The lowest BCUT2D eigenvalue weighted by Crippen LogP contribution is -2.30. The van der Waals surface area contributed by atoms with Crippen LogP contribution in [0.15, 0.2) is 42.6 Å². The van der Waals surface area contributed by atoms with Crippen molar-refractivity contribution in [1.82, 2.24) is 4.98 Å². The lowest BCUT2D eigenvalue weighted by molar-refractivity contribution is -0.162. The molecule has 5 nitrogen and oxygen atoms in total. The lowest BCUT2D eigenvalue weighted by Gasteiger charge is -2.16. The molecule has 5 heteroatoms. The van der Waals surface area contributed by atoms with E-state index in [1.54, 1.807) is 26.0 Å². The van der Waals surface area contributed by atoms with Crippen molar-refractivity contribution in [3.63, 3.8) is 0 Å². The molecule has 1 aromatic heterocycles. The second-order valence-corrected chi connectivity index (χ2v) is 8.49. The minimum atomic E-state index is -0.752. The number of carbonyl (C=O) groups is 1. The van der Waals surface area contributed by atoms with Gasteiger partial charge in [0.1, 0.15) is 5.75 Å². The molecule has 0 radical (unpaired) electrons. The number of ether oxygens (including phenoxy) is 3. The summed E-state index contributed by atoms with van der Waals surface area (Å²) in [5, 5.41) is 0. The molecule has 1 saturated heterocycles. The van der Waals surface area contributed by atoms with Crippen LogP contribution in [0.5, 0.6) is 5.75 Å². The molecule has 3 rings (SSSR count). The summed E-state index contributed by atoms with van der Waals surface area (Å²) in [6.45, 7) is 8.27. The average Bonchev–Trinajstić information content (AvgIpc) is 3.12. The molecule has 2 aromatic rings. The third-order valence-electron chi connectivity index (χ3n) is 5.49. The van der Waals surface area contributed by atoms with Gasteiger partial charge < -0.3 is 14.2 Å². The van der Waals surface area contributed by atoms with Crippen LogP contribution in [0.3, 0.4) is 0 Å². The minimum absolute atomic E-state index is 0.206. The highest BCUT2D eigenvalue weighted by atomic mass is 16.8. The first-order chi connectivity index (χ1) is 14.4. The molecule has 1 aliphatic rings. The Morgan fingerprint density at radius 1 is 1.17 bits per heavy atom. The number of hydrogen-bond acceptors (Lipinski definition) is 5. The largest absolute Gasteiger partial charge is 0.425 e. The molecule has 2 heterocycles. The van der Waals surface area contributed by atoms with E-state index in [0.29, 0.717) is 11.7 Å². The summed E-state index contributed by atoms with van der Waals surface area (Å²) in [7, 11) is 0. The Hall–Kier alpha value is -2.24. The van der Waals surface area contributed by atoms with Crippen LogP contribution in [0.25, 0.3) is 11.3 Å². The smallest absolute Gasteiger partial charge is 0.343 e. The summed E-state index contributed by atoms with van der Waals surface area (Å²) in [6, 6.07) is 11.6. The molecule has 0 N–H and O–H groups in total. The van der Waals surface area contributed by atoms with Crippen LogP contribution >= 0.6 is 0 Å². The van der Waals surface area contributed by atoms with Crippen LogP contribution in [-0.2, 0) is 14.3 Å². The van der Waals surface area contributed by atoms with Crippen LogP contribution in [0.1, 0.15) is 71.3 Å². The summed E-state index contributed by atoms with van der Waals surface area (Å²) in [6.07, 6.45) is 7.64. The number of hydrogen-bond donors (Lipinski definition) is 0. The zero-order valence-electron chi connectivity index (χ0n) is 18.5. The van der Waals surface area contributed by atoms with Crippen molar-refractivity contribution >= 4 is 5.97 Å². The van der Waals surface area contributed by atoms with E-state index in [1.165, 1.54) is 37.7 Å². The number of aromatic nitrogens is 1. The normalized spacial score (nSPS) is 18.9. The summed E-state index contributed by atoms with van der Waals surface area (Å²) in [4.78, 5) is 16.9. The molecule has 2 unspecified atom stereocenters. The van der Waals surface area contributed by atoms with Gasteiger partial charge in [-0.3, -0.25) is 4.98 Å². The van der Waals surface area contributed by atoms with Gasteiger partial charge in [0.05, 0.1) is 12.3 Å². The standard InChI is InChI=1S/C25H33NO4/c1-5-6-7-8-9-18(2)20-12-15-22(26-16-20)19-10-13-21(14-11-19)29-24(27)23-17-28-25(3,4)30-23/h10-16,18,23H,5-9,17H2,1-4H3. The number of carbonyl (C=O) groups excluding carboxylic acids is 1. The van der Waals surface area contributed by atoms with Crippen molar-refractivity contribution < 1.29 is 19.0 Å². The van der Waals surface area contributed by atoms with Crippen LogP contribution in [0.2, 0.25) is 0 Å². The fourth-order valence-corrected chi connectivity index (χ4v) is 3.59. The predicted octanol–water partition coefficient (Wildman–Crippen LogP) is 5.88. The van der Waals surface area contributed by atoms with E-state index >= 15 is 0 Å². The first kappa shape index (κ1) is 22.4. The Kier molecular flexibility index (Phi) is 7.62. The highest BCUT2D eigenvalue weighted by molar-refractivity contribution is 5.78. The van der Waals surface area contributed by atoms with E-state index in [4.69, 9.17) is 14.2 Å². The van der Waals surface area contributed by atoms with E-state index in [9.17, 15) is 4.79 Å². The number of unbranched alkanes of at least 4 members (excludes halogenated alkanes) is 3. The fraction of sp³-hybridized carbons (Fsp3) is 0.520. The summed E-state index contributed by atoms with van der Waals surface area (Å²) < 4.78 is 16.4. The van der Waals surface area contributed by atoms with Crippen LogP contribution < -0.4 is 4.74 Å². The van der Waals surface area contributed by atoms with Gasteiger partial charge in [0.2, 0.25) is 0 Å². The molecule has 0 aliphatic carbocycles. The van der Waals surface area contributed by atoms with Crippen molar-refractivity contribution in [2.75, 3.05) is 6.61 Å². The van der Waals surface area contributed by atoms with Gasteiger partial charge in [0.15, 0.2) is 11.9 Å². The minimum Gasteiger partial charge on any atom is -0.425 e. The molecular formula is C25H33NO4. The second kappa shape index (κ2) is 10.2. The zero-order chi connectivity index (χ0) is 21.6. The number of esters is 1. The van der Waals surface area contributed by atoms with Crippen LogP contribution in [0.4, 0.5) is 0 Å². The second-order valence-electron chi connectivity index (χ2n) is 8.49. The van der Waals surface area contributed by atoms with Crippen molar-refractivity contribution in [3.05, 3.63) is 48.2 Å². The highest BCUT2D eigenvalue weighted by Crippen LogP contribution is 2.27. The molecule has 0 bridgehead atoms. The molecule has 162 valence electrons. The maximum absolute atomic E-state index is 12.2. The predicted molar refractivity (Wildman–Crippen MR) is 117 cm³/mol. The van der Waals surface area contributed by atoms with E-state index in [-0.39, 0.29) is 6.61 Å². The topological polar surface area (TPSA) is 57.7 Å². The summed E-state index contributed by atoms with van der Waals surface area (Å²) in [5.74, 6) is -0.187. The van der Waals surface area contributed by atoms with Gasteiger partial charge in [-0.2, -0.15) is 0 Å². The first-order valence-corrected chi connectivity index (χ1v) is 11.0. The average molecular weight is 412 g/mol. The Morgan fingerprint density at radius 3 is 2.53 bits per heavy atom. The maximum Gasteiger partial charge on any atom is 0.343 e. The van der Waals surface area contributed by atoms with Crippen LogP contribution in [0, 0.1) is 0 Å². The van der Waals surface area contributed by atoms with Gasteiger partial charge in [-0.05, 0) is 62.1 Å². The van der Waals surface area contributed by atoms with Gasteiger partial charge in [-0.25, -0.2) is 4.79 Å². The number of rotatable bonds is 9. The highest BCUT2D eigenvalue weighted by Gasteiger charge is 2.38. The van der Waals surface area contributed by atoms with Crippen molar-refractivity contribution in [1.29, 1.82) is 0 Å². The van der Waals surface area contributed by atoms with E-state index in [2.05, 4.69) is 31.0 Å². The SMILES string of the molecule is CCCCCCC(C)c1ccc(-c2ccc(OC(=O)C3COC(C)(C)O3)cc2)nc1. The quantitative estimate of drug-likeness (QED) is 0.293. The van der Waals surface area contributed by atoms with Gasteiger partial charge in [0.25, 0.3) is 0 Å². The first-order valence-electron chi connectivity index (χ1n) is 11.0. The molecule has 30 heavy (non-hydrogen) atoms. The molecule has 0 spiro atoms. The molecule has 1 aliphatic heterocycles. The number of benzene rings is 1. The number of nitrogens with zero attached hydrogens (tertiary/aromatic N) is 1. The van der Waals surface area contributed by atoms with E-state index < -0.39 is 17.9 Å². The summed E-state index contributed by atoms with van der Waals surface area (Å²) >= 11 is 0. The number of pyridine rings is 1. The maximum atomic E-state index is 12.2. The van der Waals surface area contributed by atoms with Gasteiger partial charge >= 0.3 is 5.97 Å². The van der Waals surface area contributed by atoms with Crippen molar-refractivity contribution in [2.45, 2.75) is 77.6 Å². The van der Waals surface area contributed by atoms with Gasteiger partial charge in [0, 0.05) is 11.8 Å². The Bertz CT molecular complexity index is 814. The Labute approximate surface area is 179 Å². The summed E-state index contributed by atoms with van der Waals surface area (Å²) in [5.41, 5.74) is 3.17. The van der Waals surface area contributed by atoms with Gasteiger partial charge in [-0.15, -0.1) is 0 Å². The van der Waals surface area contributed by atoms with Crippen molar-refractivity contribution in [3.8, 4) is 17.0 Å². The van der Waals surface area contributed by atoms with Crippen molar-refractivity contribution in [2.24, 2.45) is 0 Å². The third-order valence-corrected chi connectivity index (χ3v) is 5.49. The lowest BCUT2D eigenvalue weighted by atomic mass is 9.95. The molecule has 1 fully saturated rings. The molecule has 2 atom stereocenters. The monoisotopic (exact) mass is 411 g/mol. The fourth-order valence-electron chi connectivity index (χ4n) is 3.59. The molecule has 0 amide bonds. The van der Waals surface area contributed by atoms with E-state index in [1.807, 2.05) is 18.3 Å². The Balaban J connectivity index is 1.55. The zero-order valence-corrected chi connectivity index (χ0v) is 18.5. The van der Waals surface area contributed by atoms with Gasteiger partial charge in [-0.1, -0.05) is 45.6 Å². The van der Waals surface area contributed by atoms with Crippen LogP contribution in [-0.4, -0.2) is 29.5 Å². The molecule has 1 aromatic carbocycles.